The lowest BCUT2D eigenvalue weighted by atomic mass is 10.2. The van der Waals surface area contributed by atoms with Crippen LogP contribution >= 0.6 is 15.9 Å². The quantitative estimate of drug-likeness (QED) is 0.691. The second-order valence-electron chi connectivity index (χ2n) is 6.06. The number of aromatic nitrogens is 4. The summed E-state index contributed by atoms with van der Waals surface area (Å²) in [5.41, 5.74) is 2.22. The van der Waals surface area contributed by atoms with E-state index in [1.54, 1.807) is 11.0 Å². The normalized spacial score (nSPS) is 16.0. The fourth-order valence-electron chi connectivity index (χ4n) is 3.19. The summed E-state index contributed by atoms with van der Waals surface area (Å²) in [7, 11) is 1.91. The molecule has 1 aliphatic rings. The summed E-state index contributed by atoms with van der Waals surface area (Å²) in [6, 6.07) is 8.43. The third kappa shape index (κ3) is 2.89. The predicted molar refractivity (Wildman–Crippen MR) is 97.9 cm³/mol. The van der Waals surface area contributed by atoms with Crippen LogP contribution in [-0.2, 0) is 13.6 Å². The van der Waals surface area contributed by atoms with E-state index in [2.05, 4.69) is 65.1 Å². The summed E-state index contributed by atoms with van der Waals surface area (Å²) < 4.78 is 2.98. The van der Waals surface area contributed by atoms with Crippen LogP contribution in [0.4, 0.5) is 5.82 Å². The molecule has 0 N–H and O–H groups in total. The lowest BCUT2D eigenvalue weighted by Gasteiger charge is -2.35. The molecule has 4 rings (SSSR count). The zero-order chi connectivity index (χ0) is 16.5. The van der Waals surface area contributed by atoms with Gasteiger partial charge in [0.1, 0.15) is 12.1 Å². The maximum Gasteiger partial charge on any atom is 0.163 e. The molecule has 1 aliphatic heterocycles. The van der Waals surface area contributed by atoms with Crippen molar-refractivity contribution in [2.45, 2.75) is 6.54 Å². The topological polar surface area (TPSA) is 50.1 Å². The lowest BCUT2D eigenvalue weighted by Crippen LogP contribution is -2.46. The number of halogens is 1. The molecule has 1 fully saturated rings. The third-order valence-corrected chi connectivity index (χ3v) is 5.31. The van der Waals surface area contributed by atoms with Crippen molar-refractivity contribution in [3.8, 4) is 0 Å². The van der Waals surface area contributed by atoms with Gasteiger partial charge in [0.05, 0.1) is 11.6 Å². The molecular formula is C17H19BrN6. The molecule has 0 spiro atoms. The summed E-state index contributed by atoms with van der Waals surface area (Å²) in [5, 5.41) is 5.33. The first-order valence-electron chi connectivity index (χ1n) is 8.06. The van der Waals surface area contributed by atoms with Gasteiger partial charge >= 0.3 is 0 Å². The molecule has 0 unspecified atom stereocenters. The molecule has 3 heterocycles. The van der Waals surface area contributed by atoms with Crippen LogP contribution in [0, 0.1) is 0 Å². The Kier molecular flexibility index (Phi) is 4.20. The predicted octanol–water partition coefficient (Wildman–Crippen LogP) is 2.45. The molecule has 7 heteroatoms. The fourth-order valence-corrected chi connectivity index (χ4v) is 3.60. The molecular weight excluding hydrogens is 368 g/mol. The first-order valence-corrected chi connectivity index (χ1v) is 8.85. The van der Waals surface area contributed by atoms with E-state index in [0.717, 1.165) is 49.6 Å². The van der Waals surface area contributed by atoms with Gasteiger partial charge in [-0.05, 0) is 11.6 Å². The van der Waals surface area contributed by atoms with Crippen molar-refractivity contribution in [1.82, 2.24) is 24.6 Å². The minimum absolute atomic E-state index is 0.885. The van der Waals surface area contributed by atoms with Crippen LogP contribution in [0.15, 0.2) is 41.3 Å². The van der Waals surface area contributed by atoms with Crippen molar-refractivity contribution in [2.75, 3.05) is 31.1 Å². The SMILES string of the molecule is Cn1ncc2c(N3CCN(Cc4ccccc4Br)CC3)ncnc21. The number of piperazine rings is 1. The molecule has 6 nitrogen and oxygen atoms in total. The van der Waals surface area contributed by atoms with E-state index in [4.69, 9.17) is 0 Å². The van der Waals surface area contributed by atoms with E-state index >= 15 is 0 Å². The van der Waals surface area contributed by atoms with Crippen LogP contribution in [0.3, 0.4) is 0 Å². The van der Waals surface area contributed by atoms with Crippen LogP contribution in [0.25, 0.3) is 11.0 Å². The maximum absolute atomic E-state index is 4.50. The Hall–Kier alpha value is -1.99. The summed E-state index contributed by atoms with van der Waals surface area (Å²) in [6.45, 7) is 4.94. The molecule has 1 saturated heterocycles. The standard InChI is InChI=1S/C17H19BrN6/c1-22-16-14(10-21-22)17(20-12-19-16)24-8-6-23(7-9-24)11-13-4-2-3-5-15(13)18/h2-5,10,12H,6-9,11H2,1H3. The Morgan fingerprint density at radius 3 is 2.67 bits per heavy atom. The molecule has 0 aliphatic carbocycles. The van der Waals surface area contributed by atoms with Crippen molar-refractivity contribution in [3.63, 3.8) is 0 Å². The van der Waals surface area contributed by atoms with Crippen molar-refractivity contribution in [2.24, 2.45) is 7.05 Å². The molecule has 124 valence electrons. The Labute approximate surface area is 149 Å². The Balaban J connectivity index is 1.47. The highest BCUT2D eigenvalue weighted by atomic mass is 79.9. The zero-order valence-corrected chi connectivity index (χ0v) is 15.1. The van der Waals surface area contributed by atoms with Gasteiger partial charge in [-0.2, -0.15) is 5.10 Å². The number of anilines is 1. The van der Waals surface area contributed by atoms with Gasteiger partial charge in [-0.1, -0.05) is 34.1 Å². The van der Waals surface area contributed by atoms with Gasteiger partial charge in [0.2, 0.25) is 0 Å². The molecule has 3 aromatic rings. The van der Waals surface area contributed by atoms with Crippen LogP contribution in [0.2, 0.25) is 0 Å². The van der Waals surface area contributed by atoms with Gasteiger partial charge in [0.15, 0.2) is 5.65 Å². The molecule has 0 bridgehead atoms. The van der Waals surface area contributed by atoms with Crippen molar-refractivity contribution >= 4 is 32.8 Å². The number of aryl methyl sites for hydroxylation is 1. The van der Waals surface area contributed by atoms with Crippen LogP contribution in [0.1, 0.15) is 5.56 Å². The first-order chi connectivity index (χ1) is 11.7. The smallest absolute Gasteiger partial charge is 0.163 e. The summed E-state index contributed by atoms with van der Waals surface area (Å²) >= 11 is 3.64. The monoisotopic (exact) mass is 386 g/mol. The number of hydrogen-bond donors (Lipinski definition) is 0. The van der Waals surface area contributed by atoms with Crippen LogP contribution < -0.4 is 4.90 Å². The van der Waals surface area contributed by atoms with E-state index in [1.807, 2.05) is 13.2 Å². The van der Waals surface area contributed by atoms with E-state index < -0.39 is 0 Å². The molecule has 0 amide bonds. The number of fused-ring (bicyclic) bond motifs is 1. The minimum atomic E-state index is 0.885. The van der Waals surface area contributed by atoms with Gasteiger partial charge in [-0.15, -0.1) is 0 Å². The number of benzene rings is 1. The molecule has 2 aromatic heterocycles. The zero-order valence-electron chi connectivity index (χ0n) is 13.6. The average molecular weight is 387 g/mol. The van der Waals surface area contributed by atoms with Crippen molar-refractivity contribution in [1.29, 1.82) is 0 Å². The molecule has 24 heavy (non-hydrogen) atoms. The van der Waals surface area contributed by atoms with E-state index in [1.165, 1.54) is 10.0 Å². The van der Waals surface area contributed by atoms with E-state index in [-0.39, 0.29) is 0 Å². The van der Waals surface area contributed by atoms with Gasteiger partial charge in [-0.3, -0.25) is 9.58 Å². The van der Waals surface area contributed by atoms with Crippen LogP contribution in [-0.4, -0.2) is 50.8 Å². The van der Waals surface area contributed by atoms with Gasteiger partial charge in [0.25, 0.3) is 0 Å². The first kappa shape index (κ1) is 15.5. The van der Waals surface area contributed by atoms with Crippen molar-refractivity contribution < 1.29 is 0 Å². The lowest BCUT2D eigenvalue weighted by molar-refractivity contribution is 0.249. The summed E-state index contributed by atoms with van der Waals surface area (Å²) in [4.78, 5) is 13.6. The Morgan fingerprint density at radius 2 is 1.88 bits per heavy atom. The Morgan fingerprint density at radius 1 is 1.08 bits per heavy atom. The number of nitrogens with zero attached hydrogens (tertiary/aromatic N) is 6. The Bertz CT molecular complexity index is 853. The second kappa shape index (κ2) is 6.49. The summed E-state index contributed by atoms with van der Waals surface area (Å²) in [5.74, 6) is 0.994. The van der Waals surface area contributed by atoms with Gasteiger partial charge in [-0.25, -0.2) is 9.97 Å². The average Bonchev–Trinajstić information content (AvgIpc) is 2.99. The van der Waals surface area contributed by atoms with E-state index in [0.29, 0.717) is 0 Å². The summed E-state index contributed by atoms with van der Waals surface area (Å²) in [6.07, 6.45) is 3.49. The van der Waals surface area contributed by atoms with E-state index in [9.17, 15) is 0 Å². The van der Waals surface area contributed by atoms with Crippen molar-refractivity contribution in [3.05, 3.63) is 46.8 Å². The number of rotatable bonds is 3. The number of hydrogen-bond acceptors (Lipinski definition) is 5. The highest BCUT2D eigenvalue weighted by Gasteiger charge is 2.21. The maximum atomic E-state index is 4.50. The molecule has 0 atom stereocenters. The second-order valence-corrected chi connectivity index (χ2v) is 6.91. The van der Waals surface area contributed by atoms with Crippen LogP contribution in [0.5, 0.6) is 0 Å². The fraction of sp³-hybridized carbons (Fsp3) is 0.353. The molecule has 0 saturated carbocycles. The minimum Gasteiger partial charge on any atom is -0.353 e. The van der Waals surface area contributed by atoms with Gasteiger partial charge < -0.3 is 4.90 Å². The molecule has 1 aromatic carbocycles. The largest absolute Gasteiger partial charge is 0.353 e. The third-order valence-electron chi connectivity index (χ3n) is 4.53. The highest BCUT2D eigenvalue weighted by Crippen LogP contribution is 2.24. The highest BCUT2D eigenvalue weighted by molar-refractivity contribution is 9.10. The van der Waals surface area contributed by atoms with Gasteiger partial charge in [0, 0.05) is 44.2 Å². The molecule has 0 radical (unpaired) electrons.